The summed E-state index contributed by atoms with van der Waals surface area (Å²) in [6, 6.07) is 4.49. The Morgan fingerprint density at radius 3 is 2.75 bits per heavy atom. The van der Waals surface area contributed by atoms with Crippen molar-refractivity contribution < 1.29 is 18.7 Å². The Bertz CT molecular complexity index is 488. The highest BCUT2D eigenvalue weighted by Gasteiger charge is 2.20. The SMILES string of the molecule is COC(=O)CC=C[C@@H](C)[C@H](OC)c1cc(F)ccc1Br. The minimum Gasteiger partial charge on any atom is -0.469 e. The van der Waals surface area contributed by atoms with Crippen LogP contribution in [0.5, 0.6) is 0 Å². The highest BCUT2D eigenvalue weighted by molar-refractivity contribution is 9.10. The van der Waals surface area contributed by atoms with Crippen LogP contribution < -0.4 is 0 Å². The van der Waals surface area contributed by atoms with E-state index in [9.17, 15) is 9.18 Å². The molecular weight excluding hydrogens is 327 g/mol. The molecule has 0 aliphatic heterocycles. The van der Waals surface area contributed by atoms with Crippen molar-refractivity contribution in [3.63, 3.8) is 0 Å². The van der Waals surface area contributed by atoms with Gasteiger partial charge >= 0.3 is 5.97 Å². The number of rotatable bonds is 6. The highest BCUT2D eigenvalue weighted by atomic mass is 79.9. The Balaban J connectivity index is 2.84. The fraction of sp³-hybridized carbons (Fsp3) is 0.400. The molecule has 0 unspecified atom stereocenters. The first-order valence-electron chi connectivity index (χ1n) is 6.20. The van der Waals surface area contributed by atoms with Crippen LogP contribution in [0.3, 0.4) is 0 Å². The van der Waals surface area contributed by atoms with Crippen molar-refractivity contribution in [2.45, 2.75) is 19.4 Å². The van der Waals surface area contributed by atoms with Gasteiger partial charge in [-0.25, -0.2) is 4.39 Å². The van der Waals surface area contributed by atoms with Crippen molar-refractivity contribution in [3.05, 3.63) is 46.2 Å². The minimum absolute atomic E-state index is 0.0113. The molecule has 1 rings (SSSR count). The van der Waals surface area contributed by atoms with Crippen LogP contribution in [0.15, 0.2) is 34.8 Å². The van der Waals surface area contributed by atoms with Crippen molar-refractivity contribution in [2.24, 2.45) is 5.92 Å². The molecule has 0 fully saturated rings. The molecule has 20 heavy (non-hydrogen) atoms. The molecule has 0 radical (unpaired) electrons. The summed E-state index contributed by atoms with van der Waals surface area (Å²) in [5, 5.41) is 0. The van der Waals surface area contributed by atoms with Crippen molar-refractivity contribution in [1.82, 2.24) is 0 Å². The molecule has 0 aliphatic carbocycles. The van der Waals surface area contributed by atoms with Crippen molar-refractivity contribution >= 4 is 21.9 Å². The van der Waals surface area contributed by atoms with E-state index in [-0.39, 0.29) is 30.2 Å². The molecule has 0 bridgehead atoms. The third-order valence-electron chi connectivity index (χ3n) is 2.95. The Kier molecular flexibility index (Phi) is 6.88. The van der Waals surface area contributed by atoms with Gasteiger partial charge in [-0.15, -0.1) is 0 Å². The number of methoxy groups -OCH3 is 2. The summed E-state index contributed by atoms with van der Waals surface area (Å²) >= 11 is 3.40. The molecule has 0 aromatic heterocycles. The van der Waals surface area contributed by atoms with Crippen LogP contribution in [0.1, 0.15) is 25.0 Å². The summed E-state index contributed by atoms with van der Waals surface area (Å²) in [7, 11) is 2.92. The number of carbonyl (C=O) groups excluding carboxylic acids is 1. The predicted octanol–water partition coefficient (Wildman–Crippen LogP) is 4.03. The predicted molar refractivity (Wildman–Crippen MR) is 78.8 cm³/mol. The summed E-state index contributed by atoms with van der Waals surface area (Å²) in [5.41, 5.74) is 0.739. The van der Waals surface area contributed by atoms with E-state index in [0.29, 0.717) is 0 Å². The van der Waals surface area contributed by atoms with Gasteiger partial charge in [0.15, 0.2) is 0 Å². The first-order valence-corrected chi connectivity index (χ1v) is 7.00. The lowest BCUT2D eigenvalue weighted by Gasteiger charge is -2.21. The average molecular weight is 345 g/mol. The molecule has 0 N–H and O–H groups in total. The maximum atomic E-state index is 13.4. The summed E-state index contributed by atoms with van der Waals surface area (Å²) in [4.78, 5) is 11.0. The molecule has 0 heterocycles. The van der Waals surface area contributed by atoms with Gasteiger partial charge in [0.25, 0.3) is 0 Å². The van der Waals surface area contributed by atoms with Crippen LogP contribution >= 0.6 is 15.9 Å². The molecule has 0 spiro atoms. The number of esters is 1. The first kappa shape index (κ1) is 16.9. The number of benzene rings is 1. The minimum atomic E-state index is -0.309. The Hall–Kier alpha value is -1.20. The zero-order chi connectivity index (χ0) is 15.1. The lowest BCUT2D eigenvalue weighted by atomic mass is 9.96. The fourth-order valence-corrected chi connectivity index (χ4v) is 2.39. The second kappa shape index (κ2) is 8.17. The molecule has 0 aliphatic rings. The highest BCUT2D eigenvalue weighted by Crippen LogP contribution is 2.32. The monoisotopic (exact) mass is 344 g/mol. The van der Waals surface area contributed by atoms with Gasteiger partial charge < -0.3 is 9.47 Å². The molecule has 1 aromatic rings. The molecule has 0 saturated carbocycles. The van der Waals surface area contributed by atoms with Gasteiger partial charge in [-0.2, -0.15) is 0 Å². The zero-order valence-electron chi connectivity index (χ0n) is 11.7. The first-order chi connectivity index (χ1) is 9.49. The Labute approximate surface area is 126 Å². The van der Waals surface area contributed by atoms with Crippen molar-refractivity contribution in [2.75, 3.05) is 14.2 Å². The summed E-state index contributed by atoms with van der Waals surface area (Å²) < 4.78 is 24.2. The number of hydrogen-bond acceptors (Lipinski definition) is 3. The molecule has 5 heteroatoms. The third-order valence-corrected chi connectivity index (χ3v) is 3.67. The van der Waals surface area contributed by atoms with Gasteiger partial charge in [-0.3, -0.25) is 4.79 Å². The number of hydrogen-bond donors (Lipinski definition) is 0. The lowest BCUT2D eigenvalue weighted by Crippen LogP contribution is -2.11. The van der Waals surface area contributed by atoms with Crippen molar-refractivity contribution in [3.8, 4) is 0 Å². The van der Waals surface area contributed by atoms with Crippen LogP contribution in [0.25, 0.3) is 0 Å². The largest absolute Gasteiger partial charge is 0.469 e. The van der Waals surface area contributed by atoms with Crippen LogP contribution in [0, 0.1) is 11.7 Å². The molecule has 0 amide bonds. The molecular formula is C15H18BrFO3. The van der Waals surface area contributed by atoms with Crippen LogP contribution in [0.4, 0.5) is 4.39 Å². The van der Waals surface area contributed by atoms with E-state index >= 15 is 0 Å². The van der Waals surface area contributed by atoms with Gasteiger partial charge in [0.2, 0.25) is 0 Å². The van der Waals surface area contributed by atoms with Gasteiger partial charge in [-0.05, 0) is 23.8 Å². The zero-order valence-corrected chi connectivity index (χ0v) is 13.3. The topological polar surface area (TPSA) is 35.5 Å². The molecule has 2 atom stereocenters. The van der Waals surface area contributed by atoms with E-state index < -0.39 is 0 Å². The summed E-state index contributed by atoms with van der Waals surface area (Å²) in [6.07, 6.45) is 3.51. The molecule has 0 saturated heterocycles. The molecule has 110 valence electrons. The maximum Gasteiger partial charge on any atom is 0.309 e. The Morgan fingerprint density at radius 2 is 2.15 bits per heavy atom. The second-order valence-corrected chi connectivity index (χ2v) is 5.24. The average Bonchev–Trinajstić information content (AvgIpc) is 2.43. The summed E-state index contributed by atoms with van der Waals surface area (Å²) in [6.45, 7) is 1.94. The van der Waals surface area contributed by atoms with Crippen LogP contribution in [-0.2, 0) is 14.3 Å². The van der Waals surface area contributed by atoms with Gasteiger partial charge in [0, 0.05) is 17.5 Å². The third kappa shape index (κ3) is 4.72. The van der Waals surface area contributed by atoms with E-state index in [1.165, 1.54) is 19.2 Å². The van der Waals surface area contributed by atoms with Crippen LogP contribution in [0.2, 0.25) is 0 Å². The number of carbonyl (C=O) groups is 1. The molecule has 1 aromatic carbocycles. The summed E-state index contributed by atoms with van der Waals surface area (Å²) in [5.74, 6) is -0.618. The van der Waals surface area contributed by atoms with E-state index in [1.807, 2.05) is 13.0 Å². The lowest BCUT2D eigenvalue weighted by molar-refractivity contribution is -0.139. The van der Waals surface area contributed by atoms with E-state index in [4.69, 9.17) is 4.74 Å². The quantitative estimate of drug-likeness (QED) is 0.577. The van der Waals surface area contributed by atoms with Crippen molar-refractivity contribution in [1.29, 1.82) is 0 Å². The van der Waals surface area contributed by atoms with E-state index in [0.717, 1.165) is 10.0 Å². The normalized spacial score (nSPS) is 14.2. The van der Waals surface area contributed by atoms with Gasteiger partial charge in [-0.1, -0.05) is 35.0 Å². The smallest absolute Gasteiger partial charge is 0.309 e. The molecule has 3 nitrogen and oxygen atoms in total. The van der Waals surface area contributed by atoms with Crippen LogP contribution in [-0.4, -0.2) is 20.2 Å². The van der Waals surface area contributed by atoms with E-state index in [1.54, 1.807) is 19.3 Å². The fourth-order valence-electron chi connectivity index (χ4n) is 1.92. The standard InChI is InChI=1S/C15H18BrFO3/c1-10(5-4-6-14(18)19-2)15(20-3)12-9-11(17)7-8-13(12)16/h4-5,7-10,15H,6H2,1-3H3/t10-,15+/m1/s1. The van der Waals surface area contributed by atoms with Gasteiger partial charge in [0.1, 0.15) is 5.82 Å². The number of ether oxygens (including phenoxy) is 2. The number of halogens is 2. The van der Waals surface area contributed by atoms with E-state index in [2.05, 4.69) is 20.7 Å². The van der Waals surface area contributed by atoms with Gasteiger partial charge in [0.05, 0.1) is 19.6 Å². The maximum absolute atomic E-state index is 13.4. The second-order valence-electron chi connectivity index (χ2n) is 4.39. The Morgan fingerprint density at radius 1 is 1.45 bits per heavy atom.